The van der Waals surface area contributed by atoms with Crippen LogP contribution in [-0.2, 0) is 6.54 Å². The first kappa shape index (κ1) is 21.4. The SMILES string of the molecule is COc1cccc(OC(C)C2CCC(CN3Cc4cc(F)c(O)c(F)c4C3=O)CC2)c1. The fourth-order valence-corrected chi connectivity index (χ4v) is 4.73. The Morgan fingerprint density at radius 1 is 1.16 bits per heavy atom. The fourth-order valence-electron chi connectivity index (χ4n) is 4.73. The van der Waals surface area contributed by atoms with Gasteiger partial charge in [0, 0.05) is 19.2 Å². The van der Waals surface area contributed by atoms with Crippen molar-refractivity contribution in [2.45, 2.75) is 45.3 Å². The third kappa shape index (κ3) is 4.31. The van der Waals surface area contributed by atoms with E-state index in [9.17, 15) is 18.7 Å². The third-order valence-corrected chi connectivity index (χ3v) is 6.53. The molecule has 5 nitrogen and oxygen atoms in total. The summed E-state index contributed by atoms with van der Waals surface area (Å²) in [6.07, 6.45) is 3.91. The van der Waals surface area contributed by atoms with Crippen LogP contribution in [0.3, 0.4) is 0 Å². The van der Waals surface area contributed by atoms with Gasteiger partial charge in [-0.2, -0.15) is 0 Å². The highest BCUT2D eigenvalue weighted by Crippen LogP contribution is 2.36. The fraction of sp³-hybridized carbons (Fsp3) is 0.458. The molecule has 1 aliphatic heterocycles. The number of amides is 1. The average Bonchev–Trinajstić information content (AvgIpc) is 3.07. The predicted molar refractivity (Wildman–Crippen MR) is 111 cm³/mol. The second-order valence-electron chi connectivity index (χ2n) is 8.52. The number of hydrogen-bond acceptors (Lipinski definition) is 4. The van der Waals surface area contributed by atoms with Crippen LogP contribution in [0.15, 0.2) is 30.3 Å². The highest BCUT2D eigenvalue weighted by molar-refractivity contribution is 5.99. The van der Waals surface area contributed by atoms with Crippen molar-refractivity contribution in [3.63, 3.8) is 0 Å². The minimum atomic E-state index is -1.16. The lowest BCUT2D eigenvalue weighted by Crippen LogP contribution is -2.34. The number of methoxy groups -OCH3 is 1. The van der Waals surface area contributed by atoms with Crippen LogP contribution in [-0.4, -0.2) is 35.7 Å². The zero-order valence-corrected chi connectivity index (χ0v) is 17.7. The molecule has 0 radical (unpaired) electrons. The summed E-state index contributed by atoms with van der Waals surface area (Å²) in [5, 5.41) is 9.47. The van der Waals surface area contributed by atoms with E-state index in [-0.39, 0.29) is 18.2 Å². The van der Waals surface area contributed by atoms with Crippen molar-refractivity contribution in [2.24, 2.45) is 11.8 Å². The summed E-state index contributed by atoms with van der Waals surface area (Å²) in [4.78, 5) is 14.2. The number of carbonyl (C=O) groups is 1. The molecule has 0 bridgehead atoms. The Morgan fingerprint density at radius 2 is 1.87 bits per heavy atom. The molecular formula is C24H27F2NO4. The van der Waals surface area contributed by atoms with Crippen LogP contribution >= 0.6 is 0 Å². The summed E-state index contributed by atoms with van der Waals surface area (Å²) in [6, 6.07) is 8.62. The molecule has 1 fully saturated rings. The summed E-state index contributed by atoms with van der Waals surface area (Å²) < 4.78 is 39.2. The van der Waals surface area contributed by atoms with Crippen molar-refractivity contribution in [1.82, 2.24) is 4.90 Å². The van der Waals surface area contributed by atoms with Gasteiger partial charge < -0.3 is 19.5 Å². The maximum absolute atomic E-state index is 14.2. The lowest BCUT2D eigenvalue weighted by molar-refractivity contribution is 0.0682. The van der Waals surface area contributed by atoms with Crippen molar-refractivity contribution in [2.75, 3.05) is 13.7 Å². The topological polar surface area (TPSA) is 59.0 Å². The van der Waals surface area contributed by atoms with E-state index in [0.717, 1.165) is 43.2 Å². The van der Waals surface area contributed by atoms with E-state index >= 15 is 0 Å². The highest BCUT2D eigenvalue weighted by atomic mass is 19.1. The van der Waals surface area contributed by atoms with Crippen LogP contribution in [0.1, 0.15) is 48.5 Å². The van der Waals surface area contributed by atoms with E-state index in [1.54, 1.807) is 12.0 Å². The second kappa shape index (κ2) is 8.73. The number of benzene rings is 2. The number of ether oxygens (including phenoxy) is 2. The van der Waals surface area contributed by atoms with E-state index < -0.39 is 23.3 Å². The van der Waals surface area contributed by atoms with E-state index in [1.165, 1.54) is 0 Å². The van der Waals surface area contributed by atoms with Gasteiger partial charge >= 0.3 is 0 Å². The van der Waals surface area contributed by atoms with Crippen molar-refractivity contribution < 1.29 is 28.2 Å². The molecule has 1 amide bonds. The zero-order chi connectivity index (χ0) is 22.1. The van der Waals surface area contributed by atoms with Gasteiger partial charge in [0.05, 0.1) is 18.8 Å². The molecule has 1 unspecified atom stereocenters. The lowest BCUT2D eigenvalue weighted by atomic mass is 9.79. The van der Waals surface area contributed by atoms with Crippen LogP contribution in [0, 0.1) is 23.5 Å². The highest BCUT2D eigenvalue weighted by Gasteiger charge is 2.36. The normalized spacial score (nSPS) is 21.7. The number of aromatic hydroxyl groups is 1. The van der Waals surface area contributed by atoms with Crippen LogP contribution in [0.4, 0.5) is 8.78 Å². The summed E-state index contributed by atoms with van der Waals surface area (Å²) in [6.45, 7) is 2.76. The molecule has 31 heavy (non-hydrogen) atoms. The number of phenols is 1. The maximum atomic E-state index is 14.2. The van der Waals surface area contributed by atoms with Crippen LogP contribution in [0.2, 0.25) is 0 Å². The Balaban J connectivity index is 1.31. The van der Waals surface area contributed by atoms with Gasteiger partial charge in [-0.15, -0.1) is 0 Å². The van der Waals surface area contributed by atoms with Crippen molar-refractivity contribution >= 4 is 5.91 Å². The molecule has 4 rings (SSSR count). The van der Waals surface area contributed by atoms with E-state index in [2.05, 4.69) is 6.92 Å². The molecule has 0 spiro atoms. The minimum absolute atomic E-state index is 0.0609. The van der Waals surface area contributed by atoms with Gasteiger partial charge in [-0.3, -0.25) is 4.79 Å². The summed E-state index contributed by atoms with van der Waals surface area (Å²) >= 11 is 0. The first-order valence-corrected chi connectivity index (χ1v) is 10.7. The van der Waals surface area contributed by atoms with Gasteiger partial charge in [-0.05, 0) is 68.2 Å². The van der Waals surface area contributed by atoms with Crippen molar-refractivity contribution in [1.29, 1.82) is 0 Å². The number of hydrogen-bond donors (Lipinski definition) is 1. The molecule has 1 N–H and O–H groups in total. The number of fused-ring (bicyclic) bond motifs is 1. The Labute approximate surface area is 180 Å². The summed E-state index contributed by atoms with van der Waals surface area (Å²) in [7, 11) is 1.63. The summed E-state index contributed by atoms with van der Waals surface area (Å²) in [5.74, 6) is -1.48. The molecule has 166 valence electrons. The molecule has 0 saturated heterocycles. The Kier molecular flexibility index (Phi) is 6.03. The Morgan fingerprint density at radius 3 is 2.58 bits per heavy atom. The van der Waals surface area contributed by atoms with Gasteiger partial charge in [0.15, 0.2) is 17.4 Å². The van der Waals surface area contributed by atoms with Gasteiger partial charge in [0.2, 0.25) is 0 Å². The molecule has 1 saturated carbocycles. The molecule has 0 aromatic heterocycles. The molecule has 7 heteroatoms. The summed E-state index contributed by atoms with van der Waals surface area (Å²) in [5.41, 5.74) is 0.0969. The van der Waals surface area contributed by atoms with Crippen LogP contribution in [0.25, 0.3) is 0 Å². The van der Waals surface area contributed by atoms with Gasteiger partial charge in [-0.25, -0.2) is 8.78 Å². The first-order valence-electron chi connectivity index (χ1n) is 10.7. The minimum Gasteiger partial charge on any atom is -0.503 e. The largest absolute Gasteiger partial charge is 0.503 e. The van der Waals surface area contributed by atoms with E-state index in [0.29, 0.717) is 23.9 Å². The number of carbonyl (C=O) groups excluding carboxylic acids is 1. The molecule has 1 heterocycles. The van der Waals surface area contributed by atoms with Crippen molar-refractivity contribution in [3.8, 4) is 17.2 Å². The van der Waals surface area contributed by atoms with Gasteiger partial charge in [0.1, 0.15) is 11.5 Å². The van der Waals surface area contributed by atoms with Gasteiger partial charge in [-0.1, -0.05) is 6.07 Å². The molecule has 1 aliphatic carbocycles. The second-order valence-corrected chi connectivity index (χ2v) is 8.52. The predicted octanol–water partition coefficient (Wildman–Crippen LogP) is 4.91. The number of nitrogens with zero attached hydrogens (tertiary/aromatic N) is 1. The molecule has 2 aliphatic rings. The standard InChI is InChI=1S/C24H27F2NO4/c1-14(31-19-5-3-4-18(11-19)30-2)16-8-6-15(7-9-16)12-27-13-17-10-20(25)23(28)22(26)21(17)24(27)29/h3-5,10-11,14-16,28H,6-9,12-13H2,1-2H3. The zero-order valence-electron chi connectivity index (χ0n) is 17.7. The van der Waals surface area contributed by atoms with Crippen molar-refractivity contribution in [3.05, 3.63) is 53.1 Å². The molecule has 1 atom stereocenters. The quantitative estimate of drug-likeness (QED) is 0.706. The monoisotopic (exact) mass is 431 g/mol. The Hall–Kier alpha value is -2.83. The van der Waals surface area contributed by atoms with Crippen LogP contribution < -0.4 is 9.47 Å². The number of rotatable bonds is 6. The Bertz CT molecular complexity index is 972. The van der Waals surface area contributed by atoms with E-state index in [1.807, 2.05) is 24.3 Å². The molecule has 2 aromatic carbocycles. The molecule has 2 aromatic rings. The number of halogens is 2. The van der Waals surface area contributed by atoms with E-state index in [4.69, 9.17) is 9.47 Å². The lowest BCUT2D eigenvalue weighted by Gasteiger charge is -2.34. The van der Waals surface area contributed by atoms with Gasteiger partial charge in [0.25, 0.3) is 5.91 Å². The maximum Gasteiger partial charge on any atom is 0.257 e. The molecular weight excluding hydrogens is 404 g/mol. The first-order chi connectivity index (χ1) is 14.9. The smallest absolute Gasteiger partial charge is 0.257 e. The average molecular weight is 431 g/mol. The third-order valence-electron chi connectivity index (χ3n) is 6.53. The van der Waals surface area contributed by atoms with Crippen LogP contribution in [0.5, 0.6) is 17.2 Å². The number of phenolic OH excluding ortho intramolecular Hbond substituents is 1.